The number of rotatable bonds is 2. The molecule has 0 bridgehead atoms. The zero-order valence-electron chi connectivity index (χ0n) is 6.37. The topological polar surface area (TPSA) is 55.2 Å². The summed E-state index contributed by atoms with van der Waals surface area (Å²) in [6.07, 6.45) is 0. The highest BCUT2D eigenvalue weighted by Crippen LogP contribution is 2.28. The van der Waals surface area contributed by atoms with E-state index < -0.39 is 4.92 Å². The van der Waals surface area contributed by atoms with Gasteiger partial charge < -0.3 is 5.32 Å². The molecule has 1 rings (SSSR count). The fourth-order valence-electron chi connectivity index (χ4n) is 0.912. The molecule has 0 amide bonds. The van der Waals surface area contributed by atoms with Crippen LogP contribution in [0.15, 0.2) is 18.2 Å². The van der Waals surface area contributed by atoms with Crippen LogP contribution in [0.4, 0.5) is 11.4 Å². The number of nitro groups is 1. The Kier molecular flexibility index (Phi) is 2.85. The molecule has 0 fully saturated rings. The highest BCUT2D eigenvalue weighted by atomic mass is 127. The standard InChI is InChI=1S/C7H7IN2O2/c1-9-7-5(8)3-2-4-6(7)10(11)12/h2-4,9H,1H3. The summed E-state index contributed by atoms with van der Waals surface area (Å²) in [4.78, 5) is 10.1. The molecule has 0 aromatic heterocycles. The van der Waals surface area contributed by atoms with E-state index in [-0.39, 0.29) is 5.69 Å². The van der Waals surface area contributed by atoms with Crippen molar-refractivity contribution in [2.75, 3.05) is 12.4 Å². The summed E-state index contributed by atoms with van der Waals surface area (Å²) in [7, 11) is 1.67. The van der Waals surface area contributed by atoms with Gasteiger partial charge in [-0.1, -0.05) is 6.07 Å². The normalized spacial score (nSPS) is 9.50. The van der Waals surface area contributed by atoms with Crippen molar-refractivity contribution in [3.8, 4) is 0 Å². The van der Waals surface area contributed by atoms with Crippen molar-refractivity contribution in [1.29, 1.82) is 0 Å². The lowest BCUT2D eigenvalue weighted by Crippen LogP contribution is -1.98. The van der Waals surface area contributed by atoms with E-state index >= 15 is 0 Å². The predicted molar refractivity (Wildman–Crippen MR) is 55.4 cm³/mol. The molecule has 4 nitrogen and oxygen atoms in total. The number of hydrogen-bond donors (Lipinski definition) is 1. The van der Waals surface area contributed by atoms with Crippen molar-refractivity contribution in [2.24, 2.45) is 0 Å². The molecule has 0 heterocycles. The zero-order chi connectivity index (χ0) is 9.14. The maximum absolute atomic E-state index is 10.5. The number of nitrogens with one attached hydrogen (secondary N) is 1. The second-order valence-corrected chi connectivity index (χ2v) is 3.30. The molecule has 1 aromatic rings. The van der Waals surface area contributed by atoms with E-state index in [9.17, 15) is 10.1 Å². The van der Waals surface area contributed by atoms with Gasteiger partial charge >= 0.3 is 0 Å². The summed E-state index contributed by atoms with van der Waals surface area (Å²) in [5.74, 6) is 0. The van der Waals surface area contributed by atoms with E-state index in [4.69, 9.17) is 0 Å². The van der Waals surface area contributed by atoms with Crippen LogP contribution < -0.4 is 5.32 Å². The van der Waals surface area contributed by atoms with Gasteiger partial charge in [0.2, 0.25) is 0 Å². The van der Waals surface area contributed by atoms with Gasteiger partial charge in [0.25, 0.3) is 5.69 Å². The van der Waals surface area contributed by atoms with Gasteiger partial charge in [-0.15, -0.1) is 0 Å². The third-order valence-corrected chi connectivity index (χ3v) is 2.34. The molecule has 0 radical (unpaired) electrons. The fraction of sp³-hybridized carbons (Fsp3) is 0.143. The van der Waals surface area contributed by atoms with Gasteiger partial charge in [-0.3, -0.25) is 10.1 Å². The van der Waals surface area contributed by atoms with E-state index in [1.807, 2.05) is 6.07 Å². The Hall–Kier alpha value is -0.850. The van der Waals surface area contributed by atoms with Crippen molar-refractivity contribution in [2.45, 2.75) is 0 Å². The SMILES string of the molecule is CNc1c(I)cccc1[N+](=O)[O-]. The molecule has 0 unspecified atom stereocenters. The van der Waals surface area contributed by atoms with Crippen LogP contribution in [0.3, 0.4) is 0 Å². The Bertz CT molecular complexity index is 314. The van der Waals surface area contributed by atoms with Crippen LogP contribution in [0, 0.1) is 13.7 Å². The summed E-state index contributed by atoms with van der Waals surface area (Å²) in [6, 6.07) is 4.97. The second kappa shape index (κ2) is 3.70. The van der Waals surface area contributed by atoms with Crippen LogP contribution in [0.1, 0.15) is 0 Å². The van der Waals surface area contributed by atoms with E-state index in [0.717, 1.165) is 3.57 Å². The Labute approximate surface area is 83.3 Å². The molecular weight excluding hydrogens is 271 g/mol. The minimum atomic E-state index is -0.395. The van der Waals surface area contributed by atoms with Crippen LogP contribution in [0.5, 0.6) is 0 Å². The summed E-state index contributed by atoms with van der Waals surface area (Å²) in [6.45, 7) is 0. The van der Waals surface area contributed by atoms with Gasteiger partial charge in [0.05, 0.1) is 4.92 Å². The largest absolute Gasteiger partial charge is 0.382 e. The monoisotopic (exact) mass is 278 g/mol. The molecule has 0 aliphatic rings. The minimum absolute atomic E-state index is 0.115. The van der Waals surface area contributed by atoms with Crippen molar-refractivity contribution >= 4 is 34.0 Å². The summed E-state index contributed by atoms with van der Waals surface area (Å²) in [5.41, 5.74) is 0.688. The number of nitro benzene ring substituents is 1. The van der Waals surface area contributed by atoms with E-state index in [1.165, 1.54) is 6.07 Å². The predicted octanol–water partition coefficient (Wildman–Crippen LogP) is 2.24. The van der Waals surface area contributed by atoms with Gasteiger partial charge in [-0.2, -0.15) is 0 Å². The van der Waals surface area contributed by atoms with Gasteiger partial charge in [0, 0.05) is 16.7 Å². The summed E-state index contributed by atoms with van der Waals surface area (Å²) < 4.78 is 0.851. The van der Waals surface area contributed by atoms with Crippen molar-refractivity contribution in [3.05, 3.63) is 31.9 Å². The smallest absolute Gasteiger partial charge is 0.293 e. The molecule has 0 saturated heterocycles. The molecule has 0 saturated carbocycles. The molecule has 12 heavy (non-hydrogen) atoms. The first-order valence-electron chi connectivity index (χ1n) is 3.27. The quantitative estimate of drug-likeness (QED) is 0.512. The lowest BCUT2D eigenvalue weighted by Gasteiger charge is -2.02. The van der Waals surface area contributed by atoms with Crippen molar-refractivity contribution < 1.29 is 4.92 Å². The number of halogens is 1. The Morgan fingerprint density at radius 1 is 1.58 bits per heavy atom. The highest BCUT2D eigenvalue weighted by Gasteiger charge is 2.13. The van der Waals surface area contributed by atoms with E-state index in [2.05, 4.69) is 27.9 Å². The van der Waals surface area contributed by atoms with Crippen LogP contribution in [0.2, 0.25) is 0 Å². The Morgan fingerprint density at radius 3 is 2.67 bits per heavy atom. The number of hydrogen-bond acceptors (Lipinski definition) is 3. The number of anilines is 1. The van der Waals surface area contributed by atoms with Crippen LogP contribution in [0.25, 0.3) is 0 Å². The third kappa shape index (κ3) is 1.66. The van der Waals surface area contributed by atoms with Gasteiger partial charge in [-0.25, -0.2) is 0 Å². The maximum Gasteiger partial charge on any atom is 0.293 e. The fourth-order valence-corrected chi connectivity index (χ4v) is 1.67. The zero-order valence-corrected chi connectivity index (χ0v) is 8.53. The van der Waals surface area contributed by atoms with Crippen LogP contribution >= 0.6 is 22.6 Å². The van der Waals surface area contributed by atoms with Gasteiger partial charge in [-0.05, 0) is 28.7 Å². The van der Waals surface area contributed by atoms with Crippen molar-refractivity contribution in [1.82, 2.24) is 0 Å². The molecule has 64 valence electrons. The molecule has 5 heteroatoms. The molecule has 1 aromatic carbocycles. The van der Waals surface area contributed by atoms with Crippen LogP contribution in [-0.4, -0.2) is 12.0 Å². The molecule has 0 spiro atoms. The lowest BCUT2D eigenvalue weighted by atomic mass is 10.3. The Morgan fingerprint density at radius 2 is 2.25 bits per heavy atom. The Balaban J connectivity index is 3.27. The van der Waals surface area contributed by atoms with Gasteiger partial charge in [0.1, 0.15) is 5.69 Å². The number of para-hydroxylation sites is 1. The average molecular weight is 278 g/mol. The molecule has 1 N–H and O–H groups in total. The van der Waals surface area contributed by atoms with E-state index in [0.29, 0.717) is 5.69 Å². The number of benzene rings is 1. The average Bonchev–Trinajstić information content (AvgIpc) is 2.03. The molecule has 0 atom stereocenters. The molecule has 0 aliphatic carbocycles. The first-order chi connectivity index (χ1) is 5.66. The first kappa shape index (κ1) is 9.24. The van der Waals surface area contributed by atoms with Crippen molar-refractivity contribution in [3.63, 3.8) is 0 Å². The molecular formula is C7H7IN2O2. The maximum atomic E-state index is 10.5. The lowest BCUT2D eigenvalue weighted by molar-refractivity contribution is -0.384. The highest BCUT2D eigenvalue weighted by molar-refractivity contribution is 14.1. The second-order valence-electron chi connectivity index (χ2n) is 2.14. The first-order valence-corrected chi connectivity index (χ1v) is 4.35. The summed E-state index contributed by atoms with van der Waals surface area (Å²) in [5, 5.41) is 13.3. The molecule has 0 aliphatic heterocycles. The number of nitrogens with zero attached hydrogens (tertiary/aromatic N) is 1. The summed E-state index contributed by atoms with van der Waals surface area (Å²) >= 11 is 2.05. The third-order valence-electron chi connectivity index (χ3n) is 1.44. The minimum Gasteiger partial charge on any atom is -0.382 e. The van der Waals surface area contributed by atoms with E-state index in [1.54, 1.807) is 13.1 Å². The van der Waals surface area contributed by atoms with Crippen LogP contribution in [-0.2, 0) is 0 Å². The van der Waals surface area contributed by atoms with Gasteiger partial charge in [0.15, 0.2) is 0 Å².